The van der Waals surface area contributed by atoms with Gasteiger partial charge in [0.1, 0.15) is 0 Å². The number of amides is 1. The van der Waals surface area contributed by atoms with Crippen LogP contribution in [0.5, 0.6) is 0 Å². The standard InChI is InChI=1S/C12H24N2O/c1-5-12(4)6-8-14(9-7-12)10(15)11(2,3)13/h5-9,13H2,1-4H3. The average Bonchev–Trinajstić information content (AvgIpc) is 2.17. The van der Waals surface area contributed by atoms with E-state index in [-0.39, 0.29) is 5.91 Å². The summed E-state index contributed by atoms with van der Waals surface area (Å²) < 4.78 is 0. The molecule has 1 heterocycles. The van der Waals surface area contributed by atoms with Crippen LogP contribution in [0.3, 0.4) is 0 Å². The highest BCUT2D eigenvalue weighted by Gasteiger charge is 2.34. The Morgan fingerprint density at radius 1 is 1.40 bits per heavy atom. The van der Waals surface area contributed by atoms with Crippen LogP contribution in [0.15, 0.2) is 0 Å². The molecule has 0 spiro atoms. The molecule has 3 heteroatoms. The molecule has 0 atom stereocenters. The monoisotopic (exact) mass is 212 g/mol. The Morgan fingerprint density at radius 2 is 1.87 bits per heavy atom. The number of rotatable bonds is 2. The Hall–Kier alpha value is -0.570. The van der Waals surface area contributed by atoms with Crippen molar-refractivity contribution in [1.82, 2.24) is 4.90 Å². The number of hydrogen-bond acceptors (Lipinski definition) is 2. The van der Waals surface area contributed by atoms with Gasteiger partial charge in [-0.15, -0.1) is 0 Å². The Morgan fingerprint density at radius 3 is 2.20 bits per heavy atom. The van der Waals surface area contributed by atoms with Gasteiger partial charge >= 0.3 is 0 Å². The third-order valence-electron chi connectivity index (χ3n) is 3.66. The van der Waals surface area contributed by atoms with Crippen molar-refractivity contribution >= 4 is 5.91 Å². The van der Waals surface area contributed by atoms with Crippen molar-refractivity contribution in [2.45, 2.75) is 52.5 Å². The van der Waals surface area contributed by atoms with Crippen LogP contribution in [0.2, 0.25) is 0 Å². The lowest BCUT2D eigenvalue weighted by Gasteiger charge is -2.40. The molecule has 2 N–H and O–H groups in total. The number of hydrogen-bond donors (Lipinski definition) is 1. The summed E-state index contributed by atoms with van der Waals surface area (Å²) in [6.45, 7) is 9.83. The first kappa shape index (κ1) is 12.5. The van der Waals surface area contributed by atoms with Gasteiger partial charge in [-0.1, -0.05) is 20.3 Å². The van der Waals surface area contributed by atoms with Crippen LogP contribution in [0.4, 0.5) is 0 Å². The number of likely N-dealkylation sites (tertiary alicyclic amines) is 1. The SMILES string of the molecule is CCC1(C)CCN(C(=O)C(C)(C)N)CC1. The zero-order valence-corrected chi connectivity index (χ0v) is 10.5. The Bertz CT molecular complexity index is 234. The largest absolute Gasteiger partial charge is 0.341 e. The third-order valence-corrected chi connectivity index (χ3v) is 3.66. The maximum absolute atomic E-state index is 11.9. The summed E-state index contributed by atoms with van der Waals surface area (Å²) in [4.78, 5) is 13.8. The summed E-state index contributed by atoms with van der Waals surface area (Å²) in [7, 11) is 0. The minimum absolute atomic E-state index is 0.0839. The second-order valence-corrected chi connectivity index (χ2v) is 5.68. The molecule has 1 amide bonds. The minimum Gasteiger partial charge on any atom is -0.341 e. The summed E-state index contributed by atoms with van der Waals surface area (Å²) in [5.41, 5.74) is 5.52. The van der Waals surface area contributed by atoms with Crippen LogP contribution in [0.25, 0.3) is 0 Å². The van der Waals surface area contributed by atoms with Crippen LogP contribution >= 0.6 is 0 Å². The van der Waals surface area contributed by atoms with E-state index in [1.165, 1.54) is 6.42 Å². The highest BCUT2D eigenvalue weighted by atomic mass is 16.2. The predicted octanol–water partition coefficient (Wildman–Crippen LogP) is 1.76. The molecule has 1 aliphatic heterocycles. The van der Waals surface area contributed by atoms with E-state index in [1.54, 1.807) is 13.8 Å². The fraction of sp³-hybridized carbons (Fsp3) is 0.917. The van der Waals surface area contributed by atoms with Gasteiger partial charge in [0.05, 0.1) is 5.54 Å². The quantitative estimate of drug-likeness (QED) is 0.758. The van der Waals surface area contributed by atoms with Gasteiger partial charge in [-0.25, -0.2) is 0 Å². The Balaban J connectivity index is 2.55. The number of piperidine rings is 1. The summed E-state index contributed by atoms with van der Waals surface area (Å²) in [5.74, 6) is 0.0839. The zero-order chi connectivity index (χ0) is 11.7. The second-order valence-electron chi connectivity index (χ2n) is 5.68. The van der Waals surface area contributed by atoms with Crippen LogP contribution < -0.4 is 5.73 Å². The number of carbonyl (C=O) groups excluding carboxylic acids is 1. The van der Waals surface area contributed by atoms with E-state index in [0.29, 0.717) is 5.41 Å². The highest BCUT2D eigenvalue weighted by Crippen LogP contribution is 2.34. The molecule has 0 bridgehead atoms. The lowest BCUT2D eigenvalue weighted by molar-refractivity contribution is -0.138. The van der Waals surface area contributed by atoms with E-state index in [4.69, 9.17) is 5.73 Å². The Labute approximate surface area is 93.0 Å². The van der Waals surface area contributed by atoms with E-state index >= 15 is 0 Å². The van der Waals surface area contributed by atoms with Gasteiger partial charge < -0.3 is 10.6 Å². The van der Waals surface area contributed by atoms with E-state index in [0.717, 1.165) is 25.9 Å². The summed E-state index contributed by atoms with van der Waals surface area (Å²) in [6.07, 6.45) is 3.40. The van der Waals surface area contributed by atoms with Crippen molar-refractivity contribution in [3.63, 3.8) is 0 Å². The molecule has 1 rings (SSSR count). The average molecular weight is 212 g/mol. The van der Waals surface area contributed by atoms with Gasteiger partial charge in [0.15, 0.2) is 0 Å². The van der Waals surface area contributed by atoms with Crippen molar-refractivity contribution in [1.29, 1.82) is 0 Å². The molecule has 88 valence electrons. The van der Waals surface area contributed by atoms with E-state index in [2.05, 4.69) is 13.8 Å². The summed E-state index contributed by atoms with van der Waals surface area (Å²) in [5, 5.41) is 0. The molecule has 1 saturated heterocycles. The van der Waals surface area contributed by atoms with Gasteiger partial charge in [0, 0.05) is 13.1 Å². The third kappa shape index (κ3) is 2.94. The fourth-order valence-electron chi connectivity index (χ4n) is 2.01. The van der Waals surface area contributed by atoms with Crippen molar-refractivity contribution < 1.29 is 4.79 Å². The molecule has 0 unspecified atom stereocenters. The normalized spacial score (nSPS) is 21.5. The molecule has 0 saturated carbocycles. The zero-order valence-electron chi connectivity index (χ0n) is 10.5. The van der Waals surface area contributed by atoms with Crippen molar-refractivity contribution in [3.05, 3.63) is 0 Å². The molecule has 3 nitrogen and oxygen atoms in total. The summed E-state index contributed by atoms with van der Waals surface area (Å²) in [6, 6.07) is 0. The molecular weight excluding hydrogens is 188 g/mol. The topological polar surface area (TPSA) is 46.3 Å². The van der Waals surface area contributed by atoms with Gasteiger partial charge in [0.25, 0.3) is 0 Å². The van der Waals surface area contributed by atoms with E-state index in [9.17, 15) is 4.79 Å². The first-order valence-electron chi connectivity index (χ1n) is 5.87. The second kappa shape index (κ2) is 4.12. The number of nitrogens with two attached hydrogens (primary N) is 1. The van der Waals surface area contributed by atoms with Crippen molar-refractivity contribution in [2.75, 3.05) is 13.1 Å². The maximum Gasteiger partial charge on any atom is 0.242 e. The van der Waals surface area contributed by atoms with E-state index < -0.39 is 5.54 Å². The van der Waals surface area contributed by atoms with Gasteiger partial charge in [-0.3, -0.25) is 4.79 Å². The number of carbonyl (C=O) groups is 1. The molecule has 15 heavy (non-hydrogen) atoms. The smallest absolute Gasteiger partial charge is 0.242 e. The predicted molar refractivity (Wildman–Crippen MR) is 62.5 cm³/mol. The van der Waals surface area contributed by atoms with Gasteiger partial charge in [0.2, 0.25) is 5.91 Å². The molecule has 1 fully saturated rings. The van der Waals surface area contributed by atoms with Crippen molar-refractivity contribution in [3.8, 4) is 0 Å². The van der Waals surface area contributed by atoms with Gasteiger partial charge in [-0.05, 0) is 32.1 Å². The van der Waals surface area contributed by atoms with Gasteiger partial charge in [-0.2, -0.15) is 0 Å². The molecular formula is C12H24N2O. The van der Waals surface area contributed by atoms with Crippen LogP contribution in [-0.4, -0.2) is 29.4 Å². The molecule has 0 aromatic rings. The fourth-order valence-corrected chi connectivity index (χ4v) is 2.01. The molecule has 0 aromatic heterocycles. The first-order valence-corrected chi connectivity index (χ1v) is 5.87. The minimum atomic E-state index is -0.722. The van der Waals surface area contributed by atoms with Crippen LogP contribution in [0.1, 0.15) is 47.0 Å². The molecule has 0 radical (unpaired) electrons. The van der Waals surface area contributed by atoms with Crippen LogP contribution in [0, 0.1) is 5.41 Å². The lowest BCUT2D eigenvalue weighted by Crippen LogP contribution is -2.54. The maximum atomic E-state index is 11.9. The molecule has 0 aliphatic carbocycles. The van der Waals surface area contributed by atoms with Crippen LogP contribution in [-0.2, 0) is 4.79 Å². The first-order chi connectivity index (χ1) is 6.78. The lowest BCUT2D eigenvalue weighted by atomic mass is 9.78. The molecule has 1 aliphatic rings. The Kier molecular flexibility index (Phi) is 3.44. The van der Waals surface area contributed by atoms with Crippen molar-refractivity contribution in [2.24, 2.45) is 11.1 Å². The summed E-state index contributed by atoms with van der Waals surface area (Å²) >= 11 is 0. The molecule has 0 aromatic carbocycles. The number of nitrogens with zero attached hydrogens (tertiary/aromatic N) is 1. The van der Waals surface area contributed by atoms with E-state index in [1.807, 2.05) is 4.90 Å². The highest BCUT2D eigenvalue weighted by molar-refractivity contribution is 5.85.